The van der Waals surface area contributed by atoms with E-state index in [9.17, 15) is 19.5 Å². The SMILES string of the molecule is CCCC(NC(=O)OCC1c2ccccc2-c2ccccc21)C(=O)NC(Cc1cncs1)C(=O)O. The number of hydrogen-bond donors (Lipinski definition) is 3. The molecule has 0 spiro atoms. The van der Waals surface area contributed by atoms with Crippen LogP contribution in [0.15, 0.2) is 60.2 Å². The van der Waals surface area contributed by atoms with E-state index in [-0.39, 0.29) is 18.9 Å². The topological polar surface area (TPSA) is 118 Å². The molecule has 1 aromatic heterocycles. The molecule has 2 aromatic carbocycles. The van der Waals surface area contributed by atoms with E-state index in [0.717, 1.165) is 27.1 Å². The molecule has 1 aliphatic rings. The minimum Gasteiger partial charge on any atom is -0.480 e. The zero-order chi connectivity index (χ0) is 24.8. The summed E-state index contributed by atoms with van der Waals surface area (Å²) in [6.07, 6.45) is 1.95. The van der Waals surface area contributed by atoms with Crippen LogP contribution in [0, 0.1) is 0 Å². The second-order valence-corrected chi connectivity index (χ2v) is 9.35. The number of carboxylic acid groups (broad SMARTS) is 1. The molecule has 0 bridgehead atoms. The fourth-order valence-corrected chi connectivity index (χ4v) is 5.00. The van der Waals surface area contributed by atoms with E-state index in [0.29, 0.717) is 12.8 Å². The lowest BCUT2D eigenvalue weighted by Crippen LogP contribution is -2.52. The van der Waals surface area contributed by atoms with Gasteiger partial charge in [-0.25, -0.2) is 9.59 Å². The highest BCUT2D eigenvalue weighted by Gasteiger charge is 2.30. The van der Waals surface area contributed by atoms with Gasteiger partial charge in [-0.05, 0) is 28.7 Å². The van der Waals surface area contributed by atoms with E-state index in [1.807, 2.05) is 43.3 Å². The van der Waals surface area contributed by atoms with E-state index in [2.05, 4.69) is 27.8 Å². The number of aromatic nitrogens is 1. The van der Waals surface area contributed by atoms with Gasteiger partial charge in [0.25, 0.3) is 0 Å². The first-order valence-electron chi connectivity index (χ1n) is 11.5. The van der Waals surface area contributed by atoms with Gasteiger partial charge < -0.3 is 20.5 Å². The molecule has 0 aliphatic heterocycles. The van der Waals surface area contributed by atoms with Crippen molar-refractivity contribution in [2.45, 2.75) is 44.2 Å². The summed E-state index contributed by atoms with van der Waals surface area (Å²) >= 11 is 1.32. The van der Waals surface area contributed by atoms with Crippen molar-refractivity contribution >= 4 is 29.3 Å². The Morgan fingerprint density at radius 2 is 1.69 bits per heavy atom. The molecule has 0 saturated heterocycles. The third kappa shape index (κ3) is 5.68. The molecule has 4 rings (SSSR count). The predicted molar refractivity (Wildman–Crippen MR) is 132 cm³/mol. The zero-order valence-electron chi connectivity index (χ0n) is 19.3. The van der Waals surface area contributed by atoms with Crippen LogP contribution in [0.1, 0.15) is 41.7 Å². The van der Waals surface area contributed by atoms with E-state index >= 15 is 0 Å². The summed E-state index contributed by atoms with van der Waals surface area (Å²) in [5.74, 6) is -1.80. The van der Waals surface area contributed by atoms with Crippen molar-refractivity contribution < 1.29 is 24.2 Å². The van der Waals surface area contributed by atoms with Crippen LogP contribution >= 0.6 is 11.3 Å². The number of nitrogens with one attached hydrogen (secondary N) is 2. The van der Waals surface area contributed by atoms with Crippen LogP contribution in [0.3, 0.4) is 0 Å². The zero-order valence-corrected chi connectivity index (χ0v) is 20.1. The fourth-order valence-electron chi connectivity index (χ4n) is 4.36. The van der Waals surface area contributed by atoms with Crippen molar-refractivity contribution in [3.8, 4) is 11.1 Å². The largest absolute Gasteiger partial charge is 0.480 e. The molecule has 3 N–H and O–H groups in total. The standard InChI is InChI=1S/C26H27N3O5S/c1-2-7-22(24(30)28-23(25(31)32)12-16-13-27-15-35-16)29-26(33)34-14-21-19-10-5-3-8-17(19)18-9-4-6-11-20(18)21/h3-6,8-11,13,15,21-23H,2,7,12,14H2,1H3,(H,28,30)(H,29,33)(H,31,32). The smallest absolute Gasteiger partial charge is 0.407 e. The molecule has 9 heteroatoms. The number of carbonyl (C=O) groups excluding carboxylic acids is 2. The summed E-state index contributed by atoms with van der Waals surface area (Å²) in [6.45, 7) is 2.01. The predicted octanol–water partition coefficient (Wildman–Crippen LogP) is 3.96. The monoisotopic (exact) mass is 493 g/mol. The molecule has 0 radical (unpaired) electrons. The van der Waals surface area contributed by atoms with E-state index < -0.39 is 30.1 Å². The number of fused-ring (bicyclic) bond motifs is 3. The minimum absolute atomic E-state index is 0.0950. The first kappa shape index (κ1) is 24.4. The van der Waals surface area contributed by atoms with Gasteiger partial charge in [0.15, 0.2) is 0 Å². The third-order valence-corrected chi connectivity index (χ3v) is 6.83. The van der Waals surface area contributed by atoms with Gasteiger partial charge in [-0.2, -0.15) is 0 Å². The van der Waals surface area contributed by atoms with Gasteiger partial charge in [0, 0.05) is 23.4 Å². The lowest BCUT2D eigenvalue weighted by atomic mass is 9.98. The van der Waals surface area contributed by atoms with Gasteiger partial charge in [-0.1, -0.05) is 61.9 Å². The lowest BCUT2D eigenvalue weighted by molar-refractivity contribution is -0.142. The van der Waals surface area contributed by atoms with Crippen molar-refractivity contribution in [2.24, 2.45) is 0 Å². The molecule has 0 fully saturated rings. The van der Waals surface area contributed by atoms with Gasteiger partial charge in [-0.15, -0.1) is 11.3 Å². The van der Waals surface area contributed by atoms with Crippen LogP contribution in [0.2, 0.25) is 0 Å². The molecule has 2 atom stereocenters. The number of carbonyl (C=O) groups is 3. The van der Waals surface area contributed by atoms with Gasteiger partial charge in [0.05, 0.1) is 5.51 Å². The molecular formula is C26H27N3O5S. The highest BCUT2D eigenvalue weighted by molar-refractivity contribution is 7.09. The molecule has 35 heavy (non-hydrogen) atoms. The van der Waals surface area contributed by atoms with Crippen LogP contribution in [0.25, 0.3) is 11.1 Å². The van der Waals surface area contributed by atoms with Gasteiger partial charge in [0.2, 0.25) is 5.91 Å². The Bertz CT molecular complexity index is 1150. The number of alkyl carbamates (subject to hydrolysis) is 1. The molecular weight excluding hydrogens is 466 g/mol. The number of ether oxygens (including phenoxy) is 1. The molecule has 182 valence electrons. The van der Waals surface area contributed by atoms with Crippen LogP contribution in [0.5, 0.6) is 0 Å². The maximum absolute atomic E-state index is 12.8. The highest BCUT2D eigenvalue weighted by atomic mass is 32.1. The second-order valence-electron chi connectivity index (χ2n) is 8.38. The van der Waals surface area contributed by atoms with Crippen molar-refractivity contribution in [2.75, 3.05) is 6.61 Å². The summed E-state index contributed by atoms with van der Waals surface area (Å²) in [5, 5.41) is 14.7. The number of nitrogens with zero attached hydrogens (tertiary/aromatic N) is 1. The Hall–Kier alpha value is -3.72. The summed E-state index contributed by atoms with van der Waals surface area (Å²) in [7, 11) is 0. The second kappa shape index (κ2) is 11.1. The first-order valence-corrected chi connectivity index (χ1v) is 12.4. The van der Waals surface area contributed by atoms with Crippen LogP contribution in [-0.2, 0) is 20.7 Å². The summed E-state index contributed by atoms with van der Waals surface area (Å²) < 4.78 is 5.55. The minimum atomic E-state index is -1.15. The Morgan fingerprint density at radius 1 is 1.03 bits per heavy atom. The average Bonchev–Trinajstić information content (AvgIpc) is 3.48. The maximum atomic E-state index is 12.8. The van der Waals surface area contributed by atoms with Crippen LogP contribution in [-0.4, -0.2) is 46.8 Å². The number of rotatable bonds is 10. The van der Waals surface area contributed by atoms with Crippen molar-refractivity contribution in [1.82, 2.24) is 15.6 Å². The highest BCUT2D eigenvalue weighted by Crippen LogP contribution is 2.44. The van der Waals surface area contributed by atoms with Gasteiger partial charge in [-0.3, -0.25) is 9.78 Å². The van der Waals surface area contributed by atoms with Crippen molar-refractivity contribution in [1.29, 1.82) is 0 Å². The van der Waals surface area contributed by atoms with E-state index in [1.165, 1.54) is 11.3 Å². The van der Waals surface area contributed by atoms with E-state index in [4.69, 9.17) is 4.74 Å². The number of benzene rings is 2. The Kier molecular flexibility index (Phi) is 7.77. The molecule has 3 aromatic rings. The maximum Gasteiger partial charge on any atom is 0.407 e. The fraction of sp³-hybridized carbons (Fsp3) is 0.308. The molecule has 8 nitrogen and oxygen atoms in total. The molecule has 1 heterocycles. The third-order valence-electron chi connectivity index (χ3n) is 6.03. The van der Waals surface area contributed by atoms with Gasteiger partial charge in [0.1, 0.15) is 18.7 Å². The quantitative estimate of drug-likeness (QED) is 0.394. The molecule has 2 amide bonds. The van der Waals surface area contributed by atoms with Crippen molar-refractivity contribution in [3.05, 3.63) is 76.2 Å². The molecule has 0 saturated carbocycles. The summed E-state index contributed by atoms with van der Waals surface area (Å²) in [6, 6.07) is 14.0. The van der Waals surface area contributed by atoms with Gasteiger partial charge >= 0.3 is 12.1 Å². The molecule has 1 aliphatic carbocycles. The normalized spacial score (nSPS) is 13.9. The lowest BCUT2D eigenvalue weighted by Gasteiger charge is -2.21. The van der Waals surface area contributed by atoms with Crippen molar-refractivity contribution in [3.63, 3.8) is 0 Å². The molecule has 2 unspecified atom stereocenters. The number of hydrogen-bond acceptors (Lipinski definition) is 6. The summed E-state index contributed by atoms with van der Waals surface area (Å²) in [4.78, 5) is 41.9. The number of carboxylic acids is 1. The van der Waals surface area contributed by atoms with Crippen LogP contribution in [0.4, 0.5) is 4.79 Å². The Labute approximate surface area is 207 Å². The summed E-state index contributed by atoms with van der Waals surface area (Å²) in [5.41, 5.74) is 6.05. The number of thiazole rings is 1. The average molecular weight is 494 g/mol. The van der Waals surface area contributed by atoms with E-state index in [1.54, 1.807) is 11.7 Å². The van der Waals surface area contributed by atoms with Crippen LogP contribution < -0.4 is 10.6 Å². The Balaban J connectivity index is 1.38. The number of aliphatic carboxylic acids is 1. The first-order chi connectivity index (χ1) is 17.0. The Morgan fingerprint density at radius 3 is 2.26 bits per heavy atom. The number of amides is 2.